The number of H-pyrrole nitrogens is 1. The Morgan fingerprint density at radius 1 is 1.19 bits per heavy atom. The lowest BCUT2D eigenvalue weighted by molar-refractivity contribution is -0.113. The third kappa shape index (κ3) is 5.51. The highest BCUT2D eigenvalue weighted by Crippen LogP contribution is 2.31. The molecule has 1 aromatic heterocycles. The van der Waals surface area contributed by atoms with Gasteiger partial charge in [-0.3, -0.25) is 9.89 Å². The Morgan fingerprint density at radius 3 is 2.71 bits per heavy atom. The molecule has 0 saturated carbocycles. The molecular formula is C22H24ClN5O2S. The molecule has 2 heterocycles. The van der Waals surface area contributed by atoms with Gasteiger partial charge in [-0.15, -0.1) is 5.10 Å². The second kappa shape index (κ2) is 10.1. The first-order valence-corrected chi connectivity index (χ1v) is 11.5. The maximum atomic E-state index is 12.3. The Balaban J connectivity index is 1.32. The molecule has 0 atom stereocenters. The number of amides is 1. The summed E-state index contributed by atoms with van der Waals surface area (Å²) in [5, 5.41) is 11.0. The molecule has 1 saturated heterocycles. The van der Waals surface area contributed by atoms with Crippen LogP contribution in [0.25, 0.3) is 11.4 Å². The van der Waals surface area contributed by atoms with Crippen molar-refractivity contribution in [3.05, 3.63) is 47.5 Å². The quantitative estimate of drug-likeness (QED) is 0.493. The van der Waals surface area contributed by atoms with Crippen molar-refractivity contribution in [2.24, 2.45) is 0 Å². The molecule has 1 fully saturated rings. The molecule has 2 aromatic carbocycles. The van der Waals surface area contributed by atoms with E-state index in [0.29, 0.717) is 27.3 Å². The van der Waals surface area contributed by atoms with Crippen molar-refractivity contribution in [3.8, 4) is 17.1 Å². The zero-order chi connectivity index (χ0) is 21.6. The van der Waals surface area contributed by atoms with Crippen LogP contribution in [-0.2, 0) is 4.79 Å². The summed E-state index contributed by atoms with van der Waals surface area (Å²) in [4.78, 5) is 19.2. The Morgan fingerprint density at radius 2 is 1.97 bits per heavy atom. The molecule has 9 heteroatoms. The number of aromatic nitrogens is 3. The van der Waals surface area contributed by atoms with E-state index in [-0.39, 0.29) is 11.7 Å². The van der Waals surface area contributed by atoms with Crippen LogP contribution in [0.1, 0.15) is 19.3 Å². The van der Waals surface area contributed by atoms with Crippen molar-refractivity contribution in [3.63, 3.8) is 0 Å². The molecule has 0 radical (unpaired) electrons. The standard InChI is InChI=1S/C22H24ClN5O2S/c1-30-19-10-5-15(23)13-18(19)21-25-22(27-26-21)31-14-20(29)24-16-6-8-17(9-7-16)28-11-3-2-4-12-28/h5-10,13H,2-4,11-12,14H2,1H3,(H,24,29)(H,25,26,27). The van der Waals surface area contributed by atoms with E-state index in [1.165, 1.54) is 36.7 Å². The topological polar surface area (TPSA) is 83.1 Å². The average Bonchev–Trinajstić information content (AvgIpc) is 3.28. The van der Waals surface area contributed by atoms with Crippen molar-refractivity contribution in [2.45, 2.75) is 24.4 Å². The van der Waals surface area contributed by atoms with Crippen LogP contribution < -0.4 is 15.0 Å². The maximum absolute atomic E-state index is 12.3. The van der Waals surface area contributed by atoms with Crippen LogP contribution in [-0.4, -0.2) is 47.0 Å². The molecule has 2 N–H and O–H groups in total. The number of piperidine rings is 1. The zero-order valence-corrected chi connectivity index (χ0v) is 18.8. The van der Waals surface area contributed by atoms with Gasteiger partial charge in [-0.2, -0.15) is 0 Å². The van der Waals surface area contributed by atoms with Crippen molar-refractivity contribution in [2.75, 3.05) is 36.2 Å². The third-order valence-electron chi connectivity index (χ3n) is 5.09. The van der Waals surface area contributed by atoms with Crippen molar-refractivity contribution in [1.82, 2.24) is 15.2 Å². The Kier molecular flexibility index (Phi) is 6.99. The number of halogens is 1. The monoisotopic (exact) mass is 457 g/mol. The number of anilines is 2. The number of hydrogen-bond acceptors (Lipinski definition) is 6. The Hall–Kier alpha value is -2.71. The molecule has 162 valence electrons. The van der Waals surface area contributed by atoms with Crippen LogP contribution in [0.4, 0.5) is 11.4 Å². The summed E-state index contributed by atoms with van der Waals surface area (Å²) < 4.78 is 5.36. The van der Waals surface area contributed by atoms with Gasteiger partial charge in [0.2, 0.25) is 11.1 Å². The zero-order valence-electron chi connectivity index (χ0n) is 17.2. The number of thioether (sulfide) groups is 1. The SMILES string of the molecule is COc1ccc(Cl)cc1-c1nc(SCC(=O)Nc2ccc(N3CCCCC3)cc2)n[nH]1. The van der Waals surface area contributed by atoms with Gasteiger partial charge >= 0.3 is 0 Å². The molecule has 0 aliphatic carbocycles. The summed E-state index contributed by atoms with van der Waals surface area (Å²) in [6, 6.07) is 13.3. The first-order valence-electron chi connectivity index (χ1n) is 10.2. The highest BCUT2D eigenvalue weighted by Gasteiger charge is 2.14. The molecule has 0 spiro atoms. The summed E-state index contributed by atoms with van der Waals surface area (Å²) in [6.45, 7) is 2.20. The number of nitrogens with one attached hydrogen (secondary N) is 2. The van der Waals surface area contributed by atoms with E-state index in [1.807, 2.05) is 12.1 Å². The Bertz CT molecular complexity index is 1030. The minimum Gasteiger partial charge on any atom is -0.496 e. The van der Waals surface area contributed by atoms with E-state index in [4.69, 9.17) is 16.3 Å². The molecule has 3 aromatic rings. The van der Waals surface area contributed by atoms with Crippen LogP contribution in [0.3, 0.4) is 0 Å². The van der Waals surface area contributed by atoms with Gasteiger partial charge in [-0.05, 0) is 61.7 Å². The lowest BCUT2D eigenvalue weighted by Gasteiger charge is -2.28. The van der Waals surface area contributed by atoms with Gasteiger partial charge in [0.25, 0.3) is 0 Å². The summed E-state index contributed by atoms with van der Waals surface area (Å²) in [5.41, 5.74) is 2.70. The minimum atomic E-state index is -0.109. The molecule has 1 aliphatic heterocycles. The van der Waals surface area contributed by atoms with Crippen LogP contribution >= 0.6 is 23.4 Å². The molecule has 0 bridgehead atoms. The fraction of sp³-hybridized carbons (Fsp3) is 0.318. The maximum Gasteiger partial charge on any atom is 0.234 e. The first kappa shape index (κ1) is 21.5. The van der Waals surface area contributed by atoms with Gasteiger partial charge in [0.05, 0.1) is 18.4 Å². The number of hydrogen-bond donors (Lipinski definition) is 2. The molecule has 0 unspecified atom stereocenters. The van der Waals surface area contributed by atoms with Crippen molar-refractivity contribution in [1.29, 1.82) is 0 Å². The lowest BCUT2D eigenvalue weighted by atomic mass is 10.1. The average molecular weight is 458 g/mol. The number of benzene rings is 2. The number of nitrogens with zero attached hydrogens (tertiary/aromatic N) is 3. The van der Waals surface area contributed by atoms with Crippen molar-refractivity contribution >= 4 is 40.6 Å². The van der Waals surface area contributed by atoms with Crippen LogP contribution in [0, 0.1) is 0 Å². The molecule has 7 nitrogen and oxygen atoms in total. The molecule has 1 aliphatic rings. The number of aromatic amines is 1. The first-order chi connectivity index (χ1) is 15.1. The van der Waals surface area contributed by atoms with Crippen LogP contribution in [0.5, 0.6) is 5.75 Å². The second-order valence-electron chi connectivity index (χ2n) is 7.24. The predicted octanol–water partition coefficient (Wildman–Crippen LogP) is 4.85. The number of rotatable bonds is 7. The number of ether oxygens (including phenoxy) is 1. The molecule has 4 rings (SSSR count). The third-order valence-corrected chi connectivity index (χ3v) is 6.17. The van der Waals surface area contributed by atoms with Gasteiger partial charge < -0.3 is 15.0 Å². The largest absolute Gasteiger partial charge is 0.496 e. The highest BCUT2D eigenvalue weighted by molar-refractivity contribution is 7.99. The second-order valence-corrected chi connectivity index (χ2v) is 8.62. The van der Waals surface area contributed by atoms with E-state index in [9.17, 15) is 4.79 Å². The number of carbonyl (C=O) groups excluding carboxylic acids is 1. The van der Waals surface area contributed by atoms with Gasteiger partial charge in [-0.25, -0.2) is 4.98 Å². The van der Waals surface area contributed by atoms with E-state index in [0.717, 1.165) is 18.8 Å². The van der Waals surface area contributed by atoms with Crippen LogP contribution in [0.2, 0.25) is 5.02 Å². The number of carbonyl (C=O) groups is 1. The predicted molar refractivity (Wildman–Crippen MR) is 125 cm³/mol. The molecular weight excluding hydrogens is 434 g/mol. The van der Waals surface area contributed by atoms with E-state index >= 15 is 0 Å². The van der Waals surface area contributed by atoms with Gasteiger partial charge in [0, 0.05) is 29.5 Å². The summed E-state index contributed by atoms with van der Waals surface area (Å²) in [6.07, 6.45) is 3.78. The molecule has 1 amide bonds. The fourth-order valence-corrected chi connectivity index (χ4v) is 4.30. The summed E-state index contributed by atoms with van der Waals surface area (Å²) in [7, 11) is 1.59. The van der Waals surface area contributed by atoms with Gasteiger partial charge in [-0.1, -0.05) is 23.4 Å². The smallest absolute Gasteiger partial charge is 0.234 e. The Labute approximate surface area is 190 Å². The summed E-state index contributed by atoms with van der Waals surface area (Å²) >= 11 is 7.34. The molecule has 31 heavy (non-hydrogen) atoms. The van der Waals surface area contributed by atoms with Gasteiger partial charge in [0.1, 0.15) is 5.75 Å². The van der Waals surface area contributed by atoms with Gasteiger partial charge in [0.15, 0.2) is 5.82 Å². The summed E-state index contributed by atoms with van der Waals surface area (Å²) in [5.74, 6) is 1.28. The fourth-order valence-electron chi connectivity index (χ4n) is 3.53. The van der Waals surface area contributed by atoms with Crippen molar-refractivity contribution < 1.29 is 9.53 Å². The van der Waals surface area contributed by atoms with E-state index in [2.05, 4.69) is 37.5 Å². The highest BCUT2D eigenvalue weighted by atomic mass is 35.5. The lowest BCUT2D eigenvalue weighted by Crippen LogP contribution is -2.29. The van der Waals surface area contributed by atoms with Crippen LogP contribution in [0.15, 0.2) is 47.6 Å². The van der Waals surface area contributed by atoms with E-state index < -0.39 is 0 Å². The minimum absolute atomic E-state index is 0.109. The number of methoxy groups -OCH3 is 1. The van der Waals surface area contributed by atoms with E-state index in [1.54, 1.807) is 25.3 Å². The normalized spacial score (nSPS) is 13.8.